The van der Waals surface area contributed by atoms with Gasteiger partial charge in [0.25, 0.3) is 0 Å². The van der Waals surface area contributed by atoms with Gasteiger partial charge >= 0.3 is 0 Å². The molecular formula is C10H8S. The lowest BCUT2D eigenvalue weighted by molar-refractivity contribution is 1.68. The molecule has 0 aliphatic carbocycles. The molecule has 0 fully saturated rings. The van der Waals surface area contributed by atoms with Gasteiger partial charge in [-0.2, -0.15) is 11.3 Å². The van der Waals surface area contributed by atoms with E-state index in [0.29, 0.717) is 5.56 Å². The van der Waals surface area contributed by atoms with Crippen LogP contribution in [0, 0.1) is 0 Å². The zero-order chi connectivity index (χ0) is 12.7. The molecule has 1 heteroatoms. The molecule has 2 aromatic rings. The first-order chi connectivity index (χ1) is 7.95. The van der Waals surface area contributed by atoms with Crippen LogP contribution in [0.15, 0.2) is 47.0 Å². The minimum Gasteiger partial charge on any atom is -0.152 e. The molecule has 2 rings (SSSR count). The van der Waals surface area contributed by atoms with Gasteiger partial charge in [-0.1, -0.05) is 30.2 Å². The van der Waals surface area contributed by atoms with Gasteiger partial charge in [-0.25, -0.2) is 0 Å². The van der Waals surface area contributed by atoms with Crippen LogP contribution >= 0.6 is 11.3 Å². The Morgan fingerprint density at radius 1 is 1.09 bits per heavy atom. The first-order valence-corrected chi connectivity index (χ1v) is 3.94. The monoisotopic (exact) mass is 166 g/mol. The maximum Gasteiger partial charge on any atom is 0.0746 e. The van der Waals surface area contributed by atoms with E-state index in [2.05, 4.69) is 0 Å². The van der Waals surface area contributed by atoms with E-state index in [1.807, 2.05) is 0 Å². The van der Waals surface area contributed by atoms with Crippen molar-refractivity contribution in [3.63, 3.8) is 0 Å². The highest BCUT2D eigenvalue weighted by molar-refractivity contribution is 7.08. The van der Waals surface area contributed by atoms with Crippen LogP contribution < -0.4 is 0 Å². The molecule has 1 heterocycles. The van der Waals surface area contributed by atoms with Crippen molar-refractivity contribution in [2.75, 3.05) is 0 Å². The van der Waals surface area contributed by atoms with Crippen molar-refractivity contribution in [3.05, 3.63) is 47.0 Å². The van der Waals surface area contributed by atoms with Crippen LogP contribution in [0.25, 0.3) is 11.1 Å². The number of benzene rings is 1. The summed E-state index contributed by atoms with van der Waals surface area (Å²) in [6.07, 6.45) is 0. The van der Waals surface area contributed by atoms with Crippen molar-refractivity contribution < 1.29 is 8.22 Å². The summed E-state index contributed by atoms with van der Waals surface area (Å²) in [4.78, 5) is 0. The predicted octanol–water partition coefficient (Wildman–Crippen LogP) is 3.42. The molecule has 0 aliphatic rings. The van der Waals surface area contributed by atoms with E-state index in [0.717, 1.165) is 11.3 Å². The van der Waals surface area contributed by atoms with Gasteiger partial charge < -0.3 is 0 Å². The fraction of sp³-hybridized carbons (Fsp3) is 0. The molecule has 1 aromatic carbocycles. The zero-order valence-corrected chi connectivity index (χ0v) is 6.38. The third-order valence-corrected chi connectivity index (χ3v) is 1.85. The van der Waals surface area contributed by atoms with Gasteiger partial charge in [0.15, 0.2) is 0 Å². The van der Waals surface area contributed by atoms with Gasteiger partial charge in [-0.05, 0) is 27.9 Å². The Bertz CT molecular complexity index is 560. The Balaban J connectivity index is 2.84. The van der Waals surface area contributed by atoms with E-state index in [1.165, 1.54) is 0 Å². The number of hydrogen-bond acceptors (Lipinski definition) is 1. The van der Waals surface area contributed by atoms with E-state index in [4.69, 9.17) is 8.22 Å². The normalized spacial score (nSPS) is 17.5. The Hall–Kier alpha value is -1.08. The van der Waals surface area contributed by atoms with Gasteiger partial charge in [0.1, 0.15) is 0 Å². The highest BCUT2D eigenvalue weighted by atomic mass is 32.1. The van der Waals surface area contributed by atoms with Crippen molar-refractivity contribution in [3.8, 4) is 11.1 Å². The third-order valence-electron chi connectivity index (χ3n) is 1.24. The molecule has 0 atom stereocenters. The number of hydrogen-bond donors (Lipinski definition) is 0. The average Bonchev–Trinajstić information content (AvgIpc) is 2.71. The van der Waals surface area contributed by atoms with Gasteiger partial charge in [0, 0.05) is 0 Å². The summed E-state index contributed by atoms with van der Waals surface area (Å²) < 4.78 is 45.7. The van der Waals surface area contributed by atoms with Gasteiger partial charge in [-0.3, -0.25) is 0 Å². The van der Waals surface area contributed by atoms with Crippen LogP contribution in [0.5, 0.6) is 0 Å². The summed E-state index contributed by atoms with van der Waals surface area (Å²) in [7, 11) is 0. The molecule has 0 spiro atoms. The van der Waals surface area contributed by atoms with Crippen molar-refractivity contribution in [2.45, 2.75) is 0 Å². The average molecular weight is 166 g/mol. The Labute approximate surface area is 78.6 Å². The quantitative estimate of drug-likeness (QED) is 0.609. The lowest BCUT2D eigenvalue weighted by atomic mass is 10.1. The van der Waals surface area contributed by atoms with E-state index < -0.39 is 6.04 Å². The summed E-state index contributed by atoms with van der Waals surface area (Å²) in [5.41, 5.74) is 0.481. The van der Waals surface area contributed by atoms with Crippen molar-refractivity contribution in [2.24, 2.45) is 0 Å². The van der Waals surface area contributed by atoms with Crippen LogP contribution in [0.1, 0.15) is 8.22 Å². The maximum absolute atomic E-state index is 7.76. The molecule has 0 aliphatic heterocycles. The molecule has 0 amide bonds. The second kappa shape index (κ2) is 2.89. The maximum atomic E-state index is 7.76. The molecule has 0 nitrogen and oxygen atoms in total. The van der Waals surface area contributed by atoms with E-state index in [-0.39, 0.29) is 35.1 Å². The lowest BCUT2D eigenvalue weighted by Crippen LogP contribution is -1.68. The van der Waals surface area contributed by atoms with Crippen molar-refractivity contribution in [1.29, 1.82) is 0 Å². The van der Waals surface area contributed by atoms with Crippen LogP contribution in [-0.2, 0) is 0 Å². The number of thiophene rings is 1. The summed E-state index contributed by atoms with van der Waals surface area (Å²) in [6.45, 7) is 0. The number of rotatable bonds is 1. The second-order valence-corrected chi connectivity index (χ2v) is 2.65. The summed E-state index contributed by atoms with van der Waals surface area (Å²) in [5.74, 6) is 0. The van der Waals surface area contributed by atoms with Crippen molar-refractivity contribution in [1.82, 2.24) is 0 Å². The van der Waals surface area contributed by atoms with Crippen LogP contribution in [0.3, 0.4) is 0 Å². The fourth-order valence-corrected chi connectivity index (χ4v) is 1.32. The molecule has 0 saturated carbocycles. The first-order valence-electron chi connectivity index (χ1n) is 6.06. The van der Waals surface area contributed by atoms with Crippen molar-refractivity contribution >= 4 is 11.3 Å². The fourth-order valence-electron chi connectivity index (χ4n) is 0.753. The van der Waals surface area contributed by atoms with E-state index >= 15 is 0 Å². The predicted molar refractivity (Wildman–Crippen MR) is 49.8 cm³/mol. The van der Waals surface area contributed by atoms with Gasteiger partial charge in [-0.15, -0.1) is 0 Å². The van der Waals surface area contributed by atoms with Crippen LogP contribution in [0.2, 0.25) is 0 Å². The van der Waals surface area contributed by atoms with Gasteiger partial charge in [0.05, 0.1) is 8.22 Å². The first kappa shape index (κ1) is 2.76. The van der Waals surface area contributed by atoms with Crippen LogP contribution in [0.4, 0.5) is 0 Å². The second-order valence-electron chi connectivity index (χ2n) is 1.94. The molecule has 1 aromatic heterocycles. The minimum atomic E-state index is -0.412. The summed E-state index contributed by atoms with van der Waals surface area (Å²) >= 11 is 1.16. The molecule has 54 valence electrons. The van der Waals surface area contributed by atoms with Crippen LogP contribution in [-0.4, -0.2) is 0 Å². The minimum absolute atomic E-state index is 0.0993. The summed E-state index contributed by atoms with van der Waals surface area (Å²) in [6, 6.07) is -0.0736. The zero-order valence-electron chi connectivity index (χ0n) is 11.6. The smallest absolute Gasteiger partial charge is 0.0746 e. The van der Waals surface area contributed by atoms with E-state index in [9.17, 15) is 0 Å². The SMILES string of the molecule is [2H]c1sccc1-c1c([2H])c([2H])c([2H])c([2H])c1[2H]. The van der Waals surface area contributed by atoms with Gasteiger partial charge in [0.2, 0.25) is 0 Å². The summed E-state index contributed by atoms with van der Waals surface area (Å²) in [5, 5.41) is 1.86. The molecule has 0 bridgehead atoms. The molecule has 0 N–H and O–H groups in total. The topological polar surface area (TPSA) is 0 Å². The third kappa shape index (κ3) is 1.33. The molecule has 11 heavy (non-hydrogen) atoms. The molecule has 0 radical (unpaired) electrons. The Kier molecular flexibility index (Phi) is 0.724. The highest BCUT2D eigenvalue weighted by Crippen LogP contribution is 2.20. The standard InChI is InChI=1S/C10H8S/c1-2-4-9(5-3-1)10-6-7-11-8-10/h1-8H/i1D,2D,3D,4D,5D,8D. The molecular weight excluding hydrogens is 152 g/mol. The Morgan fingerprint density at radius 3 is 2.55 bits per heavy atom. The lowest BCUT2D eigenvalue weighted by Gasteiger charge is -1.93. The molecule has 0 saturated heterocycles. The van der Waals surface area contributed by atoms with E-state index in [1.54, 1.807) is 11.4 Å². The Morgan fingerprint density at radius 2 is 1.91 bits per heavy atom. The highest BCUT2D eigenvalue weighted by Gasteiger charge is 1.93. The largest absolute Gasteiger partial charge is 0.152 e. The molecule has 0 unspecified atom stereocenters.